The van der Waals surface area contributed by atoms with Gasteiger partial charge in [-0.25, -0.2) is 4.79 Å². The van der Waals surface area contributed by atoms with Crippen molar-refractivity contribution in [3.05, 3.63) is 41.4 Å². The Morgan fingerprint density at radius 1 is 1.06 bits per heavy atom. The van der Waals surface area contributed by atoms with Crippen LogP contribution >= 0.6 is 11.6 Å². The number of anilines is 1. The van der Waals surface area contributed by atoms with Gasteiger partial charge in [-0.2, -0.15) is 0 Å². The highest BCUT2D eigenvalue weighted by Crippen LogP contribution is 2.26. The molecule has 2 heterocycles. The lowest BCUT2D eigenvalue weighted by Crippen LogP contribution is -2.56. The van der Waals surface area contributed by atoms with Crippen LogP contribution in [0.1, 0.15) is 34.6 Å². The maximum absolute atomic E-state index is 12.9. The van der Waals surface area contributed by atoms with Gasteiger partial charge < -0.3 is 20.0 Å². The lowest BCUT2D eigenvalue weighted by Gasteiger charge is -2.37. The highest BCUT2D eigenvalue weighted by Gasteiger charge is 2.28. The molecule has 1 fully saturated rings. The Morgan fingerprint density at radius 3 is 2.27 bits per heavy atom. The second-order valence-electron chi connectivity index (χ2n) is 9.53. The summed E-state index contributed by atoms with van der Waals surface area (Å²) in [5.41, 5.74) is 1.21. The maximum Gasteiger partial charge on any atom is 0.318 e. The number of rotatable bonds is 5. The van der Waals surface area contributed by atoms with E-state index in [-0.39, 0.29) is 30.1 Å². The minimum atomic E-state index is -0.360. The zero-order valence-corrected chi connectivity index (χ0v) is 20.8. The van der Waals surface area contributed by atoms with Crippen molar-refractivity contribution in [3.63, 3.8) is 0 Å². The van der Waals surface area contributed by atoms with E-state index in [0.717, 1.165) is 17.1 Å². The van der Waals surface area contributed by atoms with Gasteiger partial charge in [0.05, 0.1) is 10.7 Å². The molecule has 1 N–H and O–H groups in total. The lowest BCUT2D eigenvalue weighted by molar-refractivity contribution is -0.132. The Kier molecular flexibility index (Phi) is 7.79. The number of halogens is 1. The van der Waals surface area contributed by atoms with Gasteiger partial charge in [-0.3, -0.25) is 4.79 Å². The Bertz CT molecular complexity index is 966. The number of nitrogens with one attached hydrogen (secondary N) is 1. The molecule has 1 aliphatic heterocycles. The third kappa shape index (κ3) is 6.57. The van der Waals surface area contributed by atoms with Gasteiger partial charge in [0.25, 0.3) is 0 Å². The molecular weight excluding hydrogens is 440 g/mol. The van der Waals surface area contributed by atoms with E-state index in [1.54, 1.807) is 4.90 Å². The third-order valence-corrected chi connectivity index (χ3v) is 5.76. The molecule has 178 valence electrons. The minimum Gasteiger partial charge on any atom is -0.352 e. The van der Waals surface area contributed by atoms with Gasteiger partial charge in [0.2, 0.25) is 5.91 Å². The number of amides is 3. The summed E-state index contributed by atoms with van der Waals surface area (Å²) in [6.45, 7) is 12.1. The second kappa shape index (κ2) is 10.4. The monoisotopic (exact) mass is 472 g/mol. The molecule has 0 aliphatic carbocycles. The van der Waals surface area contributed by atoms with E-state index in [4.69, 9.17) is 11.6 Å². The molecule has 0 unspecified atom stereocenters. The lowest BCUT2D eigenvalue weighted by atomic mass is 10.1. The Labute approximate surface area is 200 Å². The first-order valence-electron chi connectivity index (χ1n) is 11.3. The molecule has 3 amide bonds. The van der Waals surface area contributed by atoms with Gasteiger partial charge in [0.1, 0.15) is 6.54 Å². The predicted octanol–water partition coefficient (Wildman–Crippen LogP) is 3.66. The molecule has 0 saturated carbocycles. The quantitative estimate of drug-likeness (QED) is 0.718. The number of nitrogens with zero attached hydrogens (tertiary/aromatic N) is 5. The molecule has 33 heavy (non-hydrogen) atoms. The zero-order chi connectivity index (χ0) is 24.2. The SMILES string of the molecule is CC(C)N(CC(=O)N1CCN(c2ccc(-c3ccccc3Cl)nn2)CC1)C(=O)NC(C)(C)C. The average molecular weight is 473 g/mol. The fraction of sp³-hybridized carbons (Fsp3) is 0.500. The average Bonchev–Trinajstić information content (AvgIpc) is 2.76. The topological polar surface area (TPSA) is 81.7 Å². The van der Waals surface area contributed by atoms with Gasteiger partial charge in [-0.1, -0.05) is 29.8 Å². The zero-order valence-electron chi connectivity index (χ0n) is 20.0. The molecule has 0 spiro atoms. The molecule has 1 aliphatic rings. The van der Waals surface area contributed by atoms with Crippen LogP contribution in [0.25, 0.3) is 11.3 Å². The maximum atomic E-state index is 12.9. The van der Waals surface area contributed by atoms with Crippen LogP contribution in [0.2, 0.25) is 5.02 Å². The summed E-state index contributed by atoms with van der Waals surface area (Å²) in [4.78, 5) is 31.0. The molecule has 1 saturated heterocycles. The molecule has 0 bridgehead atoms. The Hall–Kier alpha value is -2.87. The van der Waals surface area contributed by atoms with Crippen LogP contribution in [0.3, 0.4) is 0 Å². The normalized spacial score (nSPS) is 14.4. The van der Waals surface area contributed by atoms with E-state index in [9.17, 15) is 9.59 Å². The van der Waals surface area contributed by atoms with Crippen LogP contribution in [0, 0.1) is 0 Å². The van der Waals surface area contributed by atoms with Gasteiger partial charge in [-0.15, -0.1) is 10.2 Å². The van der Waals surface area contributed by atoms with Crippen LogP contribution in [0.4, 0.5) is 10.6 Å². The Balaban J connectivity index is 1.57. The van der Waals surface area contributed by atoms with Crippen molar-refractivity contribution in [2.75, 3.05) is 37.6 Å². The number of piperazine rings is 1. The molecule has 2 aromatic rings. The number of benzene rings is 1. The van der Waals surface area contributed by atoms with E-state index in [1.165, 1.54) is 0 Å². The smallest absolute Gasteiger partial charge is 0.318 e. The number of hydrogen-bond donors (Lipinski definition) is 1. The van der Waals surface area contributed by atoms with E-state index >= 15 is 0 Å². The fourth-order valence-corrected chi connectivity index (χ4v) is 3.85. The summed E-state index contributed by atoms with van der Waals surface area (Å²) < 4.78 is 0. The molecule has 9 heteroatoms. The molecule has 8 nitrogen and oxygen atoms in total. The molecule has 3 rings (SSSR count). The first-order chi connectivity index (χ1) is 15.5. The molecule has 0 radical (unpaired) electrons. The summed E-state index contributed by atoms with van der Waals surface area (Å²) in [5.74, 6) is 0.721. The number of aromatic nitrogens is 2. The van der Waals surface area contributed by atoms with Gasteiger partial charge in [0.15, 0.2) is 5.82 Å². The summed E-state index contributed by atoms with van der Waals surface area (Å²) in [5, 5.41) is 12.3. The van der Waals surface area contributed by atoms with E-state index in [0.29, 0.717) is 31.2 Å². The van der Waals surface area contributed by atoms with Crippen molar-refractivity contribution in [2.45, 2.75) is 46.2 Å². The first kappa shape index (κ1) is 24.8. The predicted molar refractivity (Wildman–Crippen MR) is 131 cm³/mol. The number of urea groups is 1. The van der Waals surface area contributed by atoms with Crippen LogP contribution in [-0.4, -0.2) is 76.2 Å². The van der Waals surface area contributed by atoms with Gasteiger partial charge in [-0.05, 0) is 52.8 Å². The highest BCUT2D eigenvalue weighted by molar-refractivity contribution is 6.33. The fourth-order valence-electron chi connectivity index (χ4n) is 3.62. The van der Waals surface area contributed by atoms with Crippen molar-refractivity contribution in [1.29, 1.82) is 0 Å². The van der Waals surface area contributed by atoms with Crippen molar-refractivity contribution < 1.29 is 9.59 Å². The molecule has 1 aromatic carbocycles. The summed E-state index contributed by atoms with van der Waals surface area (Å²) >= 11 is 6.26. The molecular formula is C24H33ClN6O2. The van der Waals surface area contributed by atoms with Crippen molar-refractivity contribution in [1.82, 2.24) is 25.3 Å². The number of carbonyl (C=O) groups is 2. The van der Waals surface area contributed by atoms with Crippen molar-refractivity contribution in [2.24, 2.45) is 0 Å². The number of hydrogen-bond acceptors (Lipinski definition) is 5. The van der Waals surface area contributed by atoms with Crippen LogP contribution < -0.4 is 10.2 Å². The first-order valence-corrected chi connectivity index (χ1v) is 11.6. The van der Waals surface area contributed by atoms with Crippen LogP contribution in [0.5, 0.6) is 0 Å². The minimum absolute atomic E-state index is 0.0486. The van der Waals surface area contributed by atoms with Crippen molar-refractivity contribution >= 4 is 29.4 Å². The van der Waals surface area contributed by atoms with E-state index < -0.39 is 0 Å². The molecule has 0 atom stereocenters. The van der Waals surface area contributed by atoms with Crippen LogP contribution in [0.15, 0.2) is 36.4 Å². The Morgan fingerprint density at radius 2 is 1.73 bits per heavy atom. The standard InChI is InChI=1S/C24H33ClN6O2/c1-17(2)31(23(33)26-24(3,4)5)16-22(32)30-14-12-29(13-15-30)21-11-10-20(27-28-21)18-8-6-7-9-19(18)25/h6-11,17H,12-16H2,1-5H3,(H,26,33). The van der Waals surface area contributed by atoms with Gasteiger partial charge >= 0.3 is 6.03 Å². The molecule has 1 aromatic heterocycles. The van der Waals surface area contributed by atoms with Gasteiger partial charge in [0, 0.05) is 43.3 Å². The van der Waals surface area contributed by atoms with Crippen molar-refractivity contribution in [3.8, 4) is 11.3 Å². The van der Waals surface area contributed by atoms with E-state index in [1.807, 2.05) is 75.9 Å². The second-order valence-corrected chi connectivity index (χ2v) is 9.93. The van der Waals surface area contributed by atoms with Crippen LogP contribution in [-0.2, 0) is 4.79 Å². The van der Waals surface area contributed by atoms with E-state index in [2.05, 4.69) is 20.4 Å². The third-order valence-electron chi connectivity index (χ3n) is 5.43. The largest absolute Gasteiger partial charge is 0.352 e. The summed E-state index contributed by atoms with van der Waals surface area (Å²) in [6.07, 6.45) is 0. The highest BCUT2D eigenvalue weighted by atomic mass is 35.5. The number of carbonyl (C=O) groups excluding carboxylic acids is 2. The summed E-state index contributed by atoms with van der Waals surface area (Å²) in [6, 6.07) is 11.1. The summed E-state index contributed by atoms with van der Waals surface area (Å²) in [7, 11) is 0.